The molecule has 0 unspecified atom stereocenters. The van der Waals surface area contributed by atoms with Crippen LogP contribution in [0.3, 0.4) is 0 Å². The average Bonchev–Trinajstić information content (AvgIpc) is 2.61. The lowest BCUT2D eigenvalue weighted by Crippen LogP contribution is -2.37. The molecule has 2 N–H and O–H groups in total. The number of para-hydroxylation sites is 1. The van der Waals surface area contributed by atoms with Gasteiger partial charge in [0.05, 0.1) is 5.02 Å². The molecule has 1 heterocycles. The molecule has 7 nitrogen and oxygen atoms in total. The number of carbonyl (C=O) groups is 2. The second-order valence-corrected chi connectivity index (χ2v) is 6.09. The fourth-order valence-corrected chi connectivity index (χ4v) is 2.64. The van der Waals surface area contributed by atoms with Crippen molar-refractivity contribution < 1.29 is 18.7 Å². The van der Waals surface area contributed by atoms with Crippen molar-refractivity contribution in [1.29, 1.82) is 0 Å². The van der Waals surface area contributed by atoms with Crippen LogP contribution in [0.2, 0.25) is 5.02 Å². The third-order valence-electron chi connectivity index (χ3n) is 3.65. The summed E-state index contributed by atoms with van der Waals surface area (Å²) in [6.45, 7) is 1.32. The molecule has 0 aliphatic heterocycles. The molecule has 0 fully saturated rings. The van der Waals surface area contributed by atoms with Crippen LogP contribution < -0.4 is 21.0 Å². The first kappa shape index (κ1) is 18.5. The van der Waals surface area contributed by atoms with Gasteiger partial charge in [0.2, 0.25) is 0 Å². The number of urea groups is 1. The van der Waals surface area contributed by atoms with Crippen LogP contribution in [0.25, 0.3) is 11.0 Å². The Labute approximate surface area is 158 Å². The van der Waals surface area contributed by atoms with Crippen molar-refractivity contribution in [3.05, 3.63) is 69.5 Å². The Morgan fingerprint density at radius 2 is 1.89 bits per heavy atom. The Morgan fingerprint density at radius 3 is 2.63 bits per heavy atom. The van der Waals surface area contributed by atoms with Crippen LogP contribution in [0.5, 0.6) is 5.75 Å². The van der Waals surface area contributed by atoms with Gasteiger partial charge >= 0.3 is 11.7 Å². The third kappa shape index (κ3) is 4.65. The van der Waals surface area contributed by atoms with E-state index >= 15 is 0 Å². The number of ether oxygens (including phenoxy) is 1. The molecular weight excluding hydrogens is 372 g/mol. The number of nitrogens with one attached hydrogen (secondary N) is 2. The van der Waals surface area contributed by atoms with Gasteiger partial charge in [-0.25, -0.2) is 9.59 Å². The first-order valence-corrected chi connectivity index (χ1v) is 8.33. The van der Waals surface area contributed by atoms with Gasteiger partial charge in [0.15, 0.2) is 6.61 Å². The second kappa shape index (κ2) is 7.92. The van der Waals surface area contributed by atoms with E-state index < -0.39 is 24.2 Å². The Hall–Kier alpha value is -3.32. The Bertz CT molecular complexity index is 1060. The van der Waals surface area contributed by atoms with Gasteiger partial charge in [0.1, 0.15) is 11.3 Å². The molecule has 3 amide bonds. The molecule has 0 bridgehead atoms. The van der Waals surface area contributed by atoms with Crippen molar-refractivity contribution in [2.45, 2.75) is 6.92 Å². The number of amides is 3. The summed E-state index contributed by atoms with van der Waals surface area (Å²) in [6, 6.07) is 12.4. The normalized spacial score (nSPS) is 10.4. The number of hydrogen-bond acceptors (Lipinski definition) is 5. The lowest BCUT2D eigenvalue weighted by atomic mass is 10.1. The molecular formula is C19H15ClN2O5. The maximum atomic E-state index is 11.9. The van der Waals surface area contributed by atoms with Crippen LogP contribution in [0.4, 0.5) is 10.5 Å². The molecule has 0 aliphatic rings. The van der Waals surface area contributed by atoms with Gasteiger partial charge in [-0.05, 0) is 30.7 Å². The fourth-order valence-electron chi connectivity index (χ4n) is 2.42. The third-order valence-corrected chi connectivity index (χ3v) is 3.94. The summed E-state index contributed by atoms with van der Waals surface area (Å²) < 4.78 is 10.5. The minimum absolute atomic E-state index is 0.163. The average molecular weight is 387 g/mol. The molecule has 3 rings (SSSR count). The standard InChI is InChI=1S/C19H15ClN2O5/c1-11-7-18(24)27-15-9-16(14(20)8-13(11)15)26-10-17(23)22-19(25)21-12-5-3-2-4-6-12/h2-9H,10H2,1H3,(H2,21,22,23,25). The van der Waals surface area contributed by atoms with E-state index in [1.54, 1.807) is 43.3 Å². The SMILES string of the molecule is Cc1cc(=O)oc2cc(OCC(=O)NC(=O)Nc3ccccc3)c(Cl)cc12. The minimum Gasteiger partial charge on any atom is -0.482 e. The minimum atomic E-state index is -0.680. The maximum absolute atomic E-state index is 11.9. The maximum Gasteiger partial charge on any atom is 0.336 e. The zero-order valence-electron chi connectivity index (χ0n) is 14.2. The van der Waals surface area contributed by atoms with Gasteiger partial charge < -0.3 is 14.5 Å². The molecule has 3 aromatic rings. The number of benzene rings is 2. The number of fused-ring (bicyclic) bond motifs is 1. The molecule has 27 heavy (non-hydrogen) atoms. The Kier molecular flexibility index (Phi) is 5.42. The summed E-state index contributed by atoms with van der Waals surface area (Å²) in [6.07, 6.45) is 0. The van der Waals surface area contributed by atoms with Gasteiger partial charge in [-0.3, -0.25) is 10.1 Å². The van der Waals surface area contributed by atoms with E-state index in [1.165, 1.54) is 12.1 Å². The summed E-state index contributed by atoms with van der Waals surface area (Å²) in [5, 5.41) is 5.58. The number of rotatable bonds is 4. The summed E-state index contributed by atoms with van der Waals surface area (Å²) in [5.74, 6) is -0.498. The van der Waals surface area contributed by atoms with Gasteiger partial charge in [-0.1, -0.05) is 29.8 Å². The van der Waals surface area contributed by atoms with Crippen molar-refractivity contribution in [2.75, 3.05) is 11.9 Å². The first-order chi connectivity index (χ1) is 12.9. The van der Waals surface area contributed by atoms with Gasteiger partial charge in [0.25, 0.3) is 5.91 Å². The monoisotopic (exact) mass is 386 g/mol. The number of halogens is 1. The molecule has 0 aliphatic carbocycles. The van der Waals surface area contributed by atoms with Crippen LogP contribution in [0, 0.1) is 6.92 Å². The van der Waals surface area contributed by atoms with Crippen LogP contribution in [0.1, 0.15) is 5.56 Å². The smallest absolute Gasteiger partial charge is 0.336 e. The van der Waals surface area contributed by atoms with E-state index in [4.69, 9.17) is 20.8 Å². The molecule has 0 radical (unpaired) electrons. The first-order valence-electron chi connectivity index (χ1n) is 7.95. The van der Waals surface area contributed by atoms with E-state index in [1.807, 2.05) is 0 Å². The number of aryl methyl sites for hydroxylation is 1. The quantitative estimate of drug-likeness (QED) is 0.669. The van der Waals surface area contributed by atoms with Gasteiger partial charge in [-0.2, -0.15) is 0 Å². The van der Waals surface area contributed by atoms with Crippen LogP contribution in [-0.4, -0.2) is 18.5 Å². The summed E-state index contributed by atoms with van der Waals surface area (Å²) >= 11 is 6.16. The van der Waals surface area contributed by atoms with Crippen LogP contribution in [0.15, 0.2) is 57.7 Å². The van der Waals surface area contributed by atoms with E-state index in [0.717, 1.165) is 0 Å². The van der Waals surface area contributed by atoms with Crippen molar-refractivity contribution >= 4 is 40.2 Å². The highest BCUT2D eigenvalue weighted by atomic mass is 35.5. The lowest BCUT2D eigenvalue weighted by molar-refractivity contribution is -0.121. The lowest BCUT2D eigenvalue weighted by Gasteiger charge is -2.10. The molecule has 1 aromatic heterocycles. The van der Waals surface area contributed by atoms with Crippen molar-refractivity contribution in [3.8, 4) is 5.75 Å². The topological polar surface area (TPSA) is 97.6 Å². The Morgan fingerprint density at radius 1 is 1.15 bits per heavy atom. The molecule has 0 atom stereocenters. The molecule has 0 saturated heterocycles. The highest BCUT2D eigenvalue weighted by molar-refractivity contribution is 6.32. The highest BCUT2D eigenvalue weighted by Gasteiger charge is 2.12. The highest BCUT2D eigenvalue weighted by Crippen LogP contribution is 2.30. The largest absolute Gasteiger partial charge is 0.482 e. The fraction of sp³-hybridized carbons (Fsp3) is 0.105. The van der Waals surface area contributed by atoms with Crippen molar-refractivity contribution in [2.24, 2.45) is 0 Å². The van der Waals surface area contributed by atoms with E-state index in [2.05, 4.69) is 10.6 Å². The van der Waals surface area contributed by atoms with Crippen LogP contribution in [-0.2, 0) is 4.79 Å². The molecule has 0 spiro atoms. The molecule has 8 heteroatoms. The number of anilines is 1. The zero-order chi connectivity index (χ0) is 19.4. The van der Waals surface area contributed by atoms with Crippen molar-refractivity contribution in [3.63, 3.8) is 0 Å². The number of carbonyl (C=O) groups excluding carboxylic acids is 2. The van der Waals surface area contributed by atoms with Crippen molar-refractivity contribution in [1.82, 2.24) is 5.32 Å². The second-order valence-electron chi connectivity index (χ2n) is 5.68. The van der Waals surface area contributed by atoms with Gasteiger partial charge in [-0.15, -0.1) is 0 Å². The van der Waals surface area contributed by atoms with Crippen LogP contribution >= 0.6 is 11.6 Å². The van der Waals surface area contributed by atoms with E-state index in [9.17, 15) is 14.4 Å². The summed E-state index contributed by atoms with van der Waals surface area (Å²) in [7, 11) is 0. The Balaban J connectivity index is 1.64. The molecule has 138 valence electrons. The molecule has 0 saturated carbocycles. The predicted octanol–water partition coefficient (Wildman–Crippen LogP) is 3.48. The molecule has 2 aromatic carbocycles. The van der Waals surface area contributed by atoms with E-state index in [0.29, 0.717) is 22.2 Å². The summed E-state index contributed by atoms with van der Waals surface area (Å²) in [5.41, 5.74) is 1.06. The van der Waals surface area contributed by atoms with Gasteiger partial charge in [0, 0.05) is 23.2 Å². The predicted molar refractivity (Wildman–Crippen MR) is 101 cm³/mol. The number of hydrogen-bond donors (Lipinski definition) is 2. The van der Waals surface area contributed by atoms with E-state index in [-0.39, 0.29) is 10.8 Å². The summed E-state index contributed by atoms with van der Waals surface area (Å²) in [4.78, 5) is 35.2. The number of imide groups is 1. The zero-order valence-corrected chi connectivity index (χ0v) is 15.0.